The Bertz CT molecular complexity index is 1890. The summed E-state index contributed by atoms with van der Waals surface area (Å²) in [6.07, 6.45) is 0.871. The summed E-state index contributed by atoms with van der Waals surface area (Å²) >= 11 is 3.26. The van der Waals surface area contributed by atoms with Gasteiger partial charge in [0.15, 0.2) is 0 Å². The number of hydrogen-bond donors (Lipinski definition) is 1. The Labute approximate surface area is 280 Å². The molecule has 0 saturated carbocycles. The summed E-state index contributed by atoms with van der Waals surface area (Å²) < 4.78 is 29.7. The van der Waals surface area contributed by atoms with Gasteiger partial charge in [-0.15, -0.1) is 22.7 Å². The van der Waals surface area contributed by atoms with Crippen LogP contribution in [0.25, 0.3) is 20.8 Å². The number of thiazole rings is 1. The monoisotopic (exact) mass is 672 g/mol. The van der Waals surface area contributed by atoms with Crippen molar-refractivity contribution in [3.63, 3.8) is 0 Å². The number of benzene rings is 3. The number of carbonyl (C=O) groups is 1. The Hall–Kier alpha value is -3.41. The van der Waals surface area contributed by atoms with Crippen LogP contribution in [0.3, 0.4) is 0 Å². The Kier molecular flexibility index (Phi) is 9.72. The highest BCUT2D eigenvalue weighted by Gasteiger charge is 2.29. The number of carbonyl (C=O) groups excluding carboxylic acids is 1. The molecule has 0 unspecified atom stereocenters. The zero-order valence-corrected chi connectivity index (χ0v) is 29.1. The molecule has 0 aliphatic carbocycles. The van der Waals surface area contributed by atoms with Crippen molar-refractivity contribution in [2.24, 2.45) is 11.8 Å². The van der Waals surface area contributed by atoms with E-state index >= 15 is 0 Å². The highest BCUT2D eigenvalue weighted by Crippen LogP contribution is 2.46. The molecule has 0 fully saturated rings. The first-order chi connectivity index (χ1) is 22.1. The van der Waals surface area contributed by atoms with Crippen LogP contribution in [0.5, 0.6) is 0 Å². The van der Waals surface area contributed by atoms with Crippen molar-refractivity contribution in [2.45, 2.75) is 52.1 Å². The molecule has 46 heavy (non-hydrogen) atoms. The first-order valence-corrected chi connectivity index (χ1v) is 18.8. The summed E-state index contributed by atoms with van der Waals surface area (Å²) in [4.78, 5) is 22.5. The van der Waals surface area contributed by atoms with Crippen LogP contribution in [0.4, 0.5) is 5.00 Å². The Morgan fingerprint density at radius 2 is 1.59 bits per heavy atom. The smallest absolute Gasteiger partial charge is 0.256 e. The maximum absolute atomic E-state index is 13.7. The normalized spacial score (nSPS) is 14.0. The third kappa shape index (κ3) is 7.11. The van der Waals surface area contributed by atoms with Crippen LogP contribution < -0.4 is 5.32 Å². The number of aromatic nitrogens is 1. The lowest BCUT2D eigenvalue weighted by atomic mass is 10.0. The molecule has 240 valence electrons. The molecule has 10 heteroatoms. The SMILES string of the molecule is CC(C)CN(CC(C)C)S(=O)(=O)c1ccc(C(=O)Nc2sc3c(c2-c2nc4ccccc4s2)CCN(Cc2ccccc2)C3)cc1. The van der Waals surface area contributed by atoms with Crippen LogP contribution in [-0.2, 0) is 29.5 Å². The number of hydrogen-bond acceptors (Lipinski definition) is 7. The minimum absolute atomic E-state index is 0.199. The summed E-state index contributed by atoms with van der Waals surface area (Å²) in [6, 6.07) is 24.9. The average molecular weight is 673 g/mol. The van der Waals surface area contributed by atoms with E-state index in [-0.39, 0.29) is 22.6 Å². The van der Waals surface area contributed by atoms with Gasteiger partial charge < -0.3 is 5.32 Å². The van der Waals surface area contributed by atoms with Gasteiger partial charge in [0.25, 0.3) is 5.91 Å². The van der Waals surface area contributed by atoms with Gasteiger partial charge in [-0.05, 0) is 65.8 Å². The lowest BCUT2D eigenvalue weighted by Gasteiger charge is -2.27. The van der Waals surface area contributed by atoms with E-state index in [0.29, 0.717) is 18.7 Å². The molecule has 5 aromatic rings. The summed E-state index contributed by atoms with van der Waals surface area (Å²) in [7, 11) is -3.69. The highest BCUT2D eigenvalue weighted by molar-refractivity contribution is 7.89. The second kappa shape index (κ2) is 13.8. The molecule has 0 atom stereocenters. The van der Waals surface area contributed by atoms with Crippen LogP contribution in [0.1, 0.15) is 54.1 Å². The maximum atomic E-state index is 13.7. The number of fused-ring (bicyclic) bond motifs is 2. The molecule has 0 radical (unpaired) electrons. The molecule has 3 aromatic carbocycles. The van der Waals surface area contributed by atoms with Crippen LogP contribution >= 0.6 is 22.7 Å². The van der Waals surface area contributed by atoms with E-state index in [0.717, 1.165) is 51.8 Å². The molecular weight excluding hydrogens is 633 g/mol. The van der Waals surface area contributed by atoms with Crippen LogP contribution in [0.15, 0.2) is 83.8 Å². The fraction of sp³-hybridized carbons (Fsp3) is 0.333. The highest BCUT2D eigenvalue weighted by atomic mass is 32.2. The van der Waals surface area contributed by atoms with E-state index in [2.05, 4.69) is 40.5 Å². The number of rotatable bonds is 11. The molecule has 6 rings (SSSR count). The molecule has 0 spiro atoms. The molecule has 3 heterocycles. The fourth-order valence-electron chi connectivity index (χ4n) is 5.91. The number of nitrogens with one attached hydrogen (secondary N) is 1. The topological polar surface area (TPSA) is 82.6 Å². The van der Waals surface area contributed by atoms with Crippen LogP contribution in [-0.4, -0.2) is 48.1 Å². The standard InChI is InChI=1S/C36H40N4O3S3/c1-24(2)20-40(21-25(3)4)46(42,43)28-16-14-27(15-17-28)34(41)38-36-33(35-37-30-12-8-9-13-31(30)44-35)29-18-19-39(23-32(29)45-36)22-26-10-6-5-7-11-26/h5-17,24-25H,18-23H2,1-4H3,(H,38,41). The second-order valence-electron chi connectivity index (χ2n) is 12.7. The van der Waals surface area contributed by atoms with Gasteiger partial charge >= 0.3 is 0 Å². The second-order valence-corrected chi connectivity index (χ2v) is 16.8. The largest absolute Gasteiger partial charge is 0.313 e. The van der Waals surface area contributed by atoms with Gasteiger partial charge in [0.2, 0.25) is 10.0 Å². The van der Waals surface area contributed by atoms with Crippen molar-refractivity contribution in [3.05, 3.63) is 100 Å². The van der Waals surface area contributed by atoms with Crippen LogP contribution in [0, 0.1) is 11.8 Å². The number of sulfonamides is 1. The molecule has 1 aliphatic rings. The molecule has 2 aromatic heterocycles. The van der Waals surface area contributed by atoms with E-state index < -0.39 is 10.0 Å². The summed E-state index contributed by atoms with van der Waals surface area (Å²) in [5, 5.41) is 4.88. The van der Waals surface area contributed by atoms with Crippen molar-refractivity contribution >= 4 is 53.8 Å². The van der Waals surface area contributed by atoms with Crippen molar-refractivity contribution in [3.8, 4) is 10.6 Å². The molecule has 1 amide bonds. The van der Waals surface area contributed by atoms with Crippen molar-refractivity contribution in [1.29, 1.82) is 0 Å². The molecule has 1 aliphatic heterocycles. The lowest BCUT2D eigenvalue weighted by Crippen LogP contribution is -2.37. The van der Waals surface area contributed by atoms with Crippen LogP contribution in [0.2, 0.25) is 0 Å². The van der Waals surface area contributed by atoms with Gasteiger partial charge in [-0.1, -0.05) is 70.2 Å². The van der Waals surface area contributed by atoms with Gasteiger partial charge in [-0.2, -0.15) is 4.31 Å². The maximum Gasteiger partial charge on any atom is 0.256 e. The molecule has 7 nitrogen and oxygen atoms in total. The van der Waals surface area contributed by atoms with E-state index in [4.69, 9.17) is 4.98 Å². The summed E-state index contributed by atoms with van der Waals surface area (Å²) in [6.45, 7) is 11.6. The van der Waals surface area contributed by atoms with E-state index in [1.165, 1.54) is 16.0 Å². The van der Waals surface area contributed by atoms with Crippen molar-refractivity contribution in [1.82, 2.24) is 14.2 Å². The van der Waals surface area contributed by atoms with Crippen molar-refractivity contribution in [2.75, 3.05) is 25.0 Å². The first-order valence-electron chi connectivity index (χ1n) is 15.8. The molecule has 0 saturated heterocycles. The van der Waals surface area contributed by atoms with Gasteiger partial charge in [-0.3, -0.25) is 9.69 Å². The first kappa shape index (κ1) is 32.5. The quantitative estimate of drug-likeness (QED) is 0.153. The molecule has 1 N–H and O–H groups in total. The third-order valence-electron chi connectivity index (χ3n) is 8.01. The Morgan fingerprint density at radius 3 is 2.26 bits per heavy atom. The zero-order valence-electron chi connectivity index (χ0n) is 26.7. The van der Waals surface area contributed by atoms with Gasteiger partial charge in [0.1, 0.15) is 10.0 Å². The Balaban J connectivity index is 1.28. The number of anilines is 1. The zero-order chi connectivity index (χ0) is 32.4. The van der Waals surface area contributed by atoms with Gasteiger partial charge in [0, 0.05) is 48.7 Å². The predicted molar refractivity (Wildman–Crippen MR) is 190 cm³/mol. The van der Waals surface area contributed by atoms with Crippen molar-refractivity contribution < 1.29 is 13.2 Å². The van der Waals surface area contributed by atoms with Gasteiger partial charge in [-0.25, -0.2) is 13.4 Å². The average Bonchev–Trinajstić information content (AvgIpc) is 3.61. The lowest BCUT2D eigenvalue weighted by molar-refractivity contribution is 0.102. The molecular formula is C36H40N4O3S3. The van der Waals surface area contributed by atoms with E-state index in [1.807, 2.05) is 52.0 Å². The summed E-state index contributed by atoms with van der Waals surface area (Å²) in [5.74, 6) is 0.128. The van der Waals surface area contributed by atoms with Gasteiger partial charge in [0.05, 0.1) is 15.1 Å². The minimum Gasteiger partial charge on any atom is -0.313 e. The number of para-hydroxylation sites is 1. The Morgan fingerprint density at radius 1 is 0.913 bits per heavy atom. The predicted octanol–water partition coefficient (Wildman–Crippen LogP) is 8.14. The molecule has 0 bridgehead atoms. The van der Waals surface area contributed by atoms with E-state index in [9.17, 15) is 13.2 Å². The minimum atomic E-state index is -3.69. The fourth-order valence-corrected chi connectivity index (χ4v) is 10.1. The number of nitrogens with zero attached hydrogens (tertiary/aromatic N) is 3. The summed E-state index contributed by atoms with van der Waals surface area (Å²) in [5.41, 5.74) is 4.89. The third-order valence-corrected chi connectivity index (χ3v) is 12.0. The van der Waals surface area contributed by atoms with E-state index in [1.54, 1.807) is 51.2 Å². The number of thiophene rings is 1. The number of amides is 1.